The van der Waals surface area contributed by atoms with Crippen LogP contribution in [0.1, 0.15) is 10.4 Å². The van der Waals surface area contributed by atoms with Crippen LogP contribution in [-0.2, 0) is 0 Å². The van der Waals surface area contributed by atoms with Crippen molar-refractivity contribution >= 4 is 23.4 Å². The molecule has 0 atom stereocenters. The van der Waals surface area contributed by atoms with E-state index in [-0.39, 0.29) is 22.6 Å². The summed E-state index contributed by atoms with van der Waals surface area (Å²) in [6.07, 6.45) is 0. The number of nitrogens with one attached hydrogen (secondary N) is 1. The summed E-state index contributed by atoms with van der Waals surface area (Å²) in [7, 11) is 0. The number of amides is 1. The quantitative estimate of drug-likeness (QED) is 0.842. The van der Waals surface area contributed by atoms with Gasteiger partial charge in [-0.05, 0) is 48.2 Å². The Balaban J connectivity index is 2.04. The Morgan fingerprint density at radius 3 is 2.10 bits per heavy atom. The first-order valence-corrected chi connectivity index (χ1v) is 6.48. The Labute approximate surface area is 118 Å². The van der Waals surface area contributed by atoms with Crippen molar-refractivity contribution < 1.29 is 18.0 Å². The summed E-state index contributed by atoms with van der Waals surface area (Å²) in [5.74, 6) is -0.361. The maximum atomic E-state index is 12.2. The van der Waals surface area contributed by atoms with E-state index in [0.29, 0.717) is 11.3 Å². The molecule has 1 N–H and O–H groups in total. The van der Waals surface area contributed by atoms with Gasteiger partial charge < -0.3 is 5.32 Å². The Morgan fingerprint density at radius 1 is 0.950 bits per heavy atom. The zero-order chi connectivity index (χ0) is 14.6. The number of rotatable bonds is 3. The molecule has 2 nitrogen and oxygen atoms in total. The van der Waals surface area contributed by atoms with Crippen molar-refractivity contribution in [3.8, 4) is 0 Å². The molecule has 6 heteroatoms. The first kappa shape index (κ1) is 14.5. The smallest absolute Gasteiger partial charge is 0.322 e. The average molecular weight is 297 g/mol. The largest absolute Gasteiger partial charge is 0.446 e. The number of carbonyl (C=O) groups is 1. The Kier molecular flexibility index (Phi) is 4.34. The van der Waals surface area contributed by atoms with Crippen molar-refractivity contribution in [3.63, 3.8) is 0 Å². The maximum Gasteiger partial charge on any atom is 0.446 e. The molecule has 0 bridgehead atoms. The highest BCUT2D eigenvalue weighted by atomic mass is 32.2. The van der Waals surface area contributed by atoms with E-state index >= 15 is 0 Å². The van der Waals surface area contributed by atoms with Crippen LogP contribution in [0.3, 0.4) is 0 Å². The summed E-state index contributed by atoms with van der Waals surface area (Å²) in [6.45, 7) is 0. The predicted molar refractivity (Wildman–Crippen MR) is 72.7 cm³/mol. The second-order valence-corrected chi connectivity index (χ2v) is 5.03. The number of hydrogen-bond donors (Lipinski definition) is 1. The average Bonchev–Trinajstić information content (AvgIpc) is 2.39. The molecule has 0 aliphatic heterocycles. The van der Waals surface area contributed by atoms with Crippen LogP contribution < -0.4 is 5.32 Å². The maximum absolute atomic E-state index is 12.2. The van der Waals surface area contributed by atoms with Crippen molar-refractivity contribution in [2.75, 3.05) is 5.32 Å². The van der Waals surface area contributed by atoms with E-state index in [4.69, 9.17) is 0 Å². The van der Waals surface area contributed by atoms with Crippen LogP contribution in [0.4, 0.5) is 18.9 Å². The zero-order valence-electron chi connectivity index (χ0n) is 10.1. The van der Waals surface area contributed by atoms with E-state index in [1.807, 2.05) is 6.07 Å². The third-order valence-corrected chi connectivity index (χ3v) is 3.12. The van der Waals surface area contributed by atoms with Gasteiger partial charge in [0.25, 0.3) is 5.91 Å². The molecular formula is C14H10F3NOS. The van der Waals surface area contributed by atoms with Gasteiger partial charge in [0.15, 0.2) is 0 Å². The minimum absolute atomic E-state index is 0.0498. The minimum atomic E-state index is -4.33. The van der Waals surface area contributed by atoms with Gasteiger partial charge in [0.1, 0.15) is 0 Å². The molecule has 0 heterocycles. The lowest BCUT2D eigenvalue weighted by molar-refractivity contribution is -0.0328. The molecule has 0 aliphatic rings. The van der Waals surface area contributed by atoms with Crippen LogP contribution in [0.5, 0.6) is 0 Å². The SMILES string of the molecule is O=C(Nc1ccccc1)c1ccc(SC(F)(F)F)cc1. The molecule has 0 aromatic heterocycles. The highest BCUT2D eigenvalue weighted by Gasteiger charge is 2.29. The Hall–Kier alpha value is -1.95. The number of anilines is 1. The normalized spacial score (nSPS) is 11.2. The van der Waals surface area contributed by atoms with Gasteiger partial charge in [-0.15, -0.1) is 0 Å². The minimum Gasteiger partial charge on any atom is -0.322 e. The summed E-state index contributed by atoms with van der Waals surface area (Å²) >= 11 is -0.207. The van der Waals surface area contributed by atoms with Gasteiger partial charge in [0.05, 0.1) is 0 Å². The molecule has 0 aliphatic carbocycles. The molecule has 0 unspecified atom stereocenters. The van der Waals surface area contributed by atoms with Crippen molar-refractivity contribution in [1.29, 1.82) is 0 Å². The highest BCUT2D eigenvalue weighted by molar-refractivity contribution is 8.00. The fourth-order valence-electron chi connectivity index (χ4n) is 1.53. The standard InChI is InChI=1S/C14H10F3NOS/c15-14(16,17)20-12-8-6-10(7-9-12)13(19)18-11-4-2-1-3-5-11/h1-9H,(H,18,19). The molecule has 2 aromatic carbocycles. The van der Waals surface area contributed by atoms with Crippen LogP contribution in [0, 0.1) is 0 Å². The van der Waals surface area contributed by atoms with Gasteiger partial charge in [0, 0.05) is 16.1 Å². The molecule has 1 amide bonds. The van der Waals surface area contributed by atoms with E-state index in [9.17, 15) is 18.0 Å². The predicted octanol–water partition coefficient (Wildman–Crippen LogP) is 4.55. The topological polar surface area (TPSA) is 29.1 Å². The van der Waals surface area contributed by atoms with E-state index in [1.54, 1.807) is 24.3 Å². The van der Waals surface area contributed by atoms with Gasteiger partial charge in [-0.1, -0.05) is 18.2 Å². The number of halogens is 3. The van der Waals surface area contributed by atoms with Crippen molar-refractivity contribution in [2.45, 2.75) is 10.4 Å². The van der Waals surface area contributed by atoms with E-state index in [1.165, 1.54) is 24.3 Å². The summed E-state index contributed by atoms with van der Waals surface area (Å²) in [6, 6.07) is 14.1. The molecule has 2 aromatic rings. The van der Waals surface area contributed by atoms with Gasteiger partial charge >= 0.3 is 5.51 Å². The summed E-state index contributed by atoms with van der Waals surface area (Å²) in [5.41, 5.74) is -3.39. The van der Waals surface area contributed by atoms with Gasteiger partial charge in [0.2, 0.25) is 0 Å². The fraction of sp³-hybridized carbons (Fsp3) is 0.0714. The third kappa shape index (κ3) is 4.31. The molecule has 0 fully saturated rings. The number of alkyl halides is 3. The van der Waals surface area contributed by atoms with E-state index in [2.05, 4.69) is 5.32 Å². The Bertz CT molecular complexity index is 582. The van der Waals surface area contributed by atoms with Crippen molar-refractivity contribution in [1.82, 2.24) is 0 Å². The molecule has 0 spiro atoms. The number of benzene rings is 2. The van der Waals surface area contributed by atoms with Crippen LogP contribution in [0.15, 0.2) is 59.5 Å². The van der Waals surface area contributed by atoms with E-state index < -0.39 is 5.51 Å². The molecule has 104 valence electrons. The molecule has 0 saturated heterocycles. The number of para-hydroxylation sites is 1. The van der Waals surface area contributed by atoms with Crippen LogP contribution in [0.2, 0.25) is 0 Å². The Morgan fingerprint density at radius 2 is 1.55 bits per heavy atom. The lowest BCUT2D eigenvalue weighted by Crippen LogP contribution is -2.11. The molecule has 0 saturated carbocycles. The summed E-state index contributed by atoms with van der Waals surface area (Å²) in [5, 5.41) is 2.66. The molecule has 20 heavy (non-hydrogen) atoms. The molecule has 0 radical (unpaired) electrons. The second-order valence-electron chi connectivity index (χ2n) is 3.89. The first-order valence-electron chi connectivity index (χ1n) is 5.66. The van der Waals surface area contributed by atoms with Gasteiger partial charge in [-0.25, -0.2) is 0 Å². The fourth-order valence-corrected chi connectivity index (χ4v) is 2.07. The monoisotopic (exact) mass is 297 g/mol. The number of hydrogen-bond acceptors (Lipinski definition) is 2. The number of thioether (sulfide) groups is 1. The van der Waals surface area contributed by atoms with Crippen LogP contribution in [0.25, 0.3) is 0 Å². The third-order valence-electron chi connectivity index (χ3n) is 2.38. The summed E-state index contributed by atoms with van der Waals surface area (Å²) < 4.78 is 36.5. The molecule has 2 rings (SSSR count). The first-order chi connectivity index (χ1) is 9.44. The van der Waals surface area contributed by atoms with Crippen molar-refractivity contribution in [2.24, 2.45) is 0 Å². The zero-order valence-corrected chi connectivity index (χ0v) is 11.0. The highest BCUT2D eigenvalue weighted by Crippen LogP contribution is 2.36. The lowest BCUT2D eigenvalue weighted by atomic mass is 10.2. The van der Waals surface area contributed by atoms with Gasteiger partial charge in [-0.2, -0.15) is 13.2 Å². The second kappa shape index (κ2) is 6.00. The molecular weight excluding hydrogens is 287 g/mol. The van der Waals surface area contributed by atoms with Gasteiger partial charge in [-0.3, -0.25) is 4.79 Å². The summed E-state index contributed by atoms with van der Waals surface area (Å²) in [4.78, 5) is 11.9. The van der Waals surface area contributed by atoms with E-state index in [0.717, 1.165) is 0 Å². The van der Waals surface area contributed by atoms with Crippen LogP contribution >= 0.6 is 11.8 Å². The lowest BCUT2D eigenvalue weighted by Gasteiger charge is -2.07. The van der Waals surface area contributed by atoms with Crippen LogP contribution in [-0.4, -0.2) is 11.4 Å². The number of carbonyl (C=O) groups excluding carboxylic acids is 1. The van der Waals surface area contributed by atoms with Crippen molar-refractivity contribution in [3.05, 3.63) is 60.2 Å².